The third kappa shape index (κ3) is 3.89. The number of hydrogen-bond acceptors (Lipinski definition) is 2. The first-order valence-electron chi connectivity index (χ1n) is 6.82. The second-order valence-electron chi connectivity index (χ2n) is 4.90. The zero-order chi connectivity index (χ0) is 15.2. The van der Waals surface area contributed by atoms with E-state index in [2.05, 4.69) is 0 Å². The average molecular weight is 287 g/mol. The Bertz CT molecular complexity index is 613. The zero-order valence-electron chi connectivity index (χ0n) is 11.9. The molecule has 0 spiro atoms. The molecule has 1 N–H and O–H groups in total. The Kier molecular flexibility index (Phi) is 5.06. The maximum Gasteiger partial charge on any atom is 0.254 e. The van der Waals surface area contributed by atoms with Crippen LogP contribution in [-0.2, 0) is 6.54 Å². The molecular weight excluding hydrogens is 269 g/mol. The Morgan fingerprint density at radius 1 is 1.19 bits per heavy atom. The van der Waals surface area contributed by atoms with Crippen molar-refractivity contribution >= 4 is 5.91 Å². The molecule has 4 heteroatoms. The summed E-state index contributed by atoms with van der Waals surface area (Å²) in [4.78, 5) is 14.1. The van der Waals surface area contributed by atoms with Gasteiger partial charge in [-0.3, -0.25) is 4.79 Å². The van der Waals surface area contributed by atoms with Crippen LogP contribution in [0, 0.1) is 12.7 Å². The Morgan fingerprint density at radius 3 is 2.52 bits per heavy atom. The van der Waals surface area contributed by atoms with E-state index in [0.29, 0.717) is 17.7 Å². The summed E-state index contributed by atoms with van der Waals surface area (Å²) in [5.41, 5.74) is 1.85. The van der Waals surface area contributed by atoms with Crippen LogP contribution in [0.2, 0.25) is 0 Å². The van der Waals surface area contributed by atoms with Crippen LogP contribution in [0.15, 0.2) is 48.5 Å². The van der Waals surface area contributed by atoms with Crippen LogP contribution in [0.25, 0.3) is 0 Å². The molecule has 0 bridgehead atoms. The lowest BCUT2D eigenvalue weighted by molar-refractivity contribution is 0.0707. The first-order valence-corrected chi connectivity index (χ1v) is 6.82. The summed E-state index contributed by atoms with van der Waals surface area (Å²) in [5.74, 6) is -0.542. The number of aliphatic hydroxyl groups is 1. The highest BCUT2D eigenvalue weighted by Crippen LogP contribution is 2.13. The van der Waals surface area contributed by atoms with E-state index in [1.54, 1.807) is 11.8 Å². The van der Waals surface area contributed by atoms with Crippen molar-refractivity contribution in [3.63, 3.8) is 0 Å². The van der Waals surface area contributed by atoms with Crippen LogP contribution in [0.3, 0.4) is 0 Å². The lowest BCUT2D eigenvalue weighted by Crippen LogP contribution is -2.33. The predicted octanol–water partition coefficient (Wildman–Crippen LogP) is 2.77. The Balaban J connectivity index is 2.20. The molecule has 0 saturated heterocycles. The van der Waals surface area contributed by atoms with Crippen molar-refractivity contribution < 1.29 is 14.3 Å². The van der Waals surface area contributed by atoms with Gasteiger partial charge in [0, 0.05) is 18.7 Å². The summed E-state index contributed by atoms with van der Waals surface area (Å²) < 4.78 is 13.3. The number of amides is 1. The molecule has 0 aromatic heterocycles. The molecule has 0 saturated carbocycles. The normalized spacial score (nSPS) is 10.4. The van der Waals surface area contributed by atoms with E-state index in [-0.39, 0.29) is 24.9 Å². The smallest absolute Gasteiger partial charge is 0.254 e. The average Bonchev–Trinajstić information content (AvgIpc) is 2.50. The number of aliphatic hydroxyl groups excluding tert-OH is 1. The first kappa shape index (κ1) is 15.2. The van der Waals surface area contributed by atoms with Crippen molar-refractivity contribution in [2.24, 2.45) is 0 Å². The van der Waals surface area contributed by atoms with Gasteiger partial charge >= 0.3 is 0 Å². The Labute approximate surface area is 123 Å². The van der Waals surface area contributed by atoms with Gasteiger partial charge in [0.15, 0.2) is 0 Å². The van der Waals surface area contributed by atoms with Crippen LogP contribution in [-0.4, -0.2) is 29.1 Å². The Morgan fingerprint density at radius 2 is 1.90 bits per heavy atom. The summed E-state index contributed by atoms with van der Waals surface area (Å²) in [6, 6.07) is 13.9. The van der Waals surface area contributed by atoms with E-state index in [1.165, 1.54) is 18.2 Å². The van der Waals surface area contributed by atoms with Crippen molar-refractivity contribution in [1.29, 1.82) is 0 Å². The van der Waals surface area contributed by atoms with E-state index in [1.807, 2.05) is 30.3 Å². The molecule has 0 aliphatic heterocycles. The van der Waals surface area contributed by atoms with E-state index >= 15 is 0 Å². The molecule has 3 nitrogen and oxygen atoms in total. The third-order valence-electron chi connectivity index (χ3n) is 3.28. The summed E-state index contributed by atoms with van der Waals surface area (Å²) in [6.07, 6.45) is 0. The highest BCUT2D eigenvalue weighted by Gasteiger charge is 2.16. The van der Waals surface area contributed by atoms with Crippen molar-refractivity contribution in [1.82, 2.24) is 4.90 Å². The molecule has 0 unspecified atom stereocenters. The van der Waals surface area contributed by atoms with Gasteiger partial charge in [-0.1, -0.05) is 30.3 Å². The molecule has 2 rings (SSSR count). The standard InChI is InChI=1S/C17H18FNO2/c1-13-11-15(7-8-16(13)18)17(21)19(9-10-20)12-14-5-3-2-4-6-14/h2-8,11,20H,9-10,12H2,1H3. The number of aryl methyl sites for hydroxylation is 1. The minimum absolute atomic E-state index is 0.112. The Hall–Kier alpha value is -2.20. The SMILES string of the molecule is Cc1cc(C(=O)N(CCO)Cc2ccccc2)ccc1F. The molecule has 110 valence electrons. The highest BCUT2D eigenvalue weighted by atomic mass is 19.1. The molecule has 2 aromatic rings. The molecule has 0 aliphatic carbocycles. The van der Waals surface area contributed by atoms with E-state index in [0.717, 1.165) is 5.56 Å². The number of hydrogen-bond donors (Lipinski definition) is 1. The van der Waals surface area contributed by atoms with Gasteiger partial charge in [-0.15, -0.1) is 0 Å². The van der Waals surface area contributed by atoms with Crippen LogP contribution >= 0.6 is 0 Å². The monoisotopic (exact) mass is 287 g/mol. The minimum atomic E-state index is -0.330. The molecule has 0 atom stereocenters. The fraction of sp³-hybridized carbons (Fsp3) is 0.235. The maximum atomic E-state index is 13.3. The van der Waals surface area contributed by atoms with Crippen molar-refractivity contribution in [3.05, 3.63) is 71.0 Å². The van der Waals surface area contributed by atoms with Crippen LogP contribution < -0.4 is 0 Å². The van der Waals surface area contributed by atoms with Gasteiger partial charge in [-0.05, 0) is 36.2 Å². The molecular formula is C17H18FNO2. The van der Waals surface area contributed by atoms with Gasteiger partial charge in [0.2, 0.25) is 0 Å². The second-order valence-corrected chi connectivity index (χ2v) is 4.90. The van der Waals surface area contributed by atoms with Crippen LogP contribution in [0.5, 0.6) is 0 Å². The zero-order valence-corrected chi connectivity index (χ0v) is 11.9. The van der Waals surface area contributed by atoms with Gasteiger partial charge in [0.1, 0.15) is 5.82 Å². The minimum Gasteiger partial charge on any atom is -0.395 e. The number of carbonyl (C=O) groups is 1. The van der Waals surface area contributed by atoms with E-state index in [9.17, 15) is 9.18 Å². The van der Waals surface area contributed by atoms with Crippen molar-refractivity contribution in [3.8, 4) is 0 Å². The fourth-order valence-electron chi connectivity index (χ4n) is 2.14. The molecule has 0 radical (unpaired) electrons. The van der Waals surface area contributed by atoms with Gasteiger partial charge in [0.25, 0.3) is 5.91 Å². The topological polar surface area (TPSA) is 40.5 Å². The summed E-state index contributed by atoms with van der Waals surface area (Å²) in [6.45, 7) is 2.17. The number of rotatable bonds is 5. The lowest BCUT2D eigenvalue weighted by Gasteiger charge is -2.22. The first-order chi connectivity index (χ1) is 10.1. The summed E-state index contributed by atoms with van der Waals surface area (Å²) in [7, 11) is 0. The third-order valence-corrected chi connectivity index (χ3v) is 3.28. The van der Waals surface area contributed by atoms with Crippen LogP contribution in [0.1, 0.15) is 21.5 Å². The molecule has 21 heavy (non-hydrogen) atoms. The molecule has 0 heterocycles. The van der Waals surface area contributed by atoms with Gasteiger partial charge in [-0.2, -0.15) is 0 Å². The molecule has 2 aromatic carbocycles. The number of benzene rings is 2. The van der Waals surface area contributed by atoms with Gasteiger partial charge in [-0.25, -0.2) is 4.39 Å². The number of nitrogens with zero attached hydrogens (tertiary/aromatic N) is 1. The van der Waals surface area contributed by atoms with Crippen molar-refractivity contribution in [2.45, 2.75) is 13.5 Å². The number of halogens is 1. The largest absolute Gasteiger partial charge is 0.395 e. The van der Waals surface area contributed by atoms with Gasteiger partial charge < -0.3 is 10.0 Å². The van der Waals surface area contributed by atoms with Crippen LogP contribution in [0.4, 0.5) is 4.39 Å². The second kappa shape index (κ2) is 6.99. The maximum absolute atomic E-state index is 13.3. The predicted molar refractivity (Wildman–Crippen MR) is 79.4 cm³/mol. The number of carbonyl (C=O) groups excluding carboxylic acids is 1. The highest BCUT2D eigenvalue weighted by molar-refractivity contribution is 5.94. The van der Waals surface area contributed by atoms with Gasteiger partial charge in [0.05, 0.1) is 6.61 Å². The molecule has 1 amide bonds. The molecule has 0 fully saturated rings. The van der Waals surface area contributed by atoms with Crippen molar-refractivity contribution in [2.75, 3.05) is 13.2 Å². The fourth-order valence-corrected chi connectivity index (χ4v) is 2.14. The quantitative estimate of drug-likeness (QED) is 0.918. The summed E-state index contributed by atoms with van der Waals surface area (Å²) in [5, 5.41) is 9.16. The lowest BCUT2D eigenvalue weighted by atomic mass is 10.1. The molecule has 0 aliphatic rings. The van der Waals surface area contributed by atoms with E-state index < -0.39 is 0 Å². The summed E-state index contributed by atoms with van der Waals surface area (Å²) >= 11 is 0. The van der Waals surface area contributed by atoms with E-state index in [4.69, 9.17) is 5.11 Å².